The first-order chi connectivity index (χ1) is 16.9. The van der Waals surface area contributed by atoms with Gasteiger partial charge in [0.25, 0.3) is 0 Å². The number of rotatable bonds is 6. The number of aromatic nitrogens is 1. The van der Waals surface area contributed by atoms with Crippen molar-refractivity contribution in [2.45, 2.75) is 43.6 Å². The summed E-state index contributed by atoms with van der Waals surface area (Å²) in [6.07, 6.45) is 4.88. The number of fused-ring (bicyclic) bond motifs is 2. The minimum atomic E-state index is -1.30. The Morgan fingerprint density at radius 1 is 1.17 bits per heavy atom. The molecule has 182 valence electrons. The molecule has 1 spiro atoms. The lowest BCUT2D eigenvalue weighted by molar-refractivity contribution is -0.138. The van der Waals surface area contributed by atoms with E-state index in [1.165, 1.54) is 11.1 Å². The number of pyridine rings is 1. The molecule has 1 fully saturated rings. The Labute approximate surface area is 210 Å². The van der Waals surface area contributed by atoms with Gasteiger partial charge in [0.2, 0.25) is 5.91 Å². The van der Waals surface area contributed by atoms with Crippen LogP contribution in [0.3, 0.4) is 0 Å². The highest BCUT2D eigenvalue weighted by Gasteiger charge is 2.43. The van der Waals surface area contributed by atoms with Crippen LogP contribution in [-0.2, 0) is 27.3 Å². The third kappa shape index (κ3) is 4.71. The topological polar surface area (TPSA) is 74.7 Å². The summed E-state index contributed by atoms with van der Waals surface area (Å²) in [5, 5.41) is 15.5. The van der Waals surface area contributed by atoms with E-state index in [4.69, 9.17) is 16.3 Å². The molecule has 0 saturated carbocycles. The van der Waals surface area contributed by atoms with E-state index >= 15 is 0 Å². The molecule has 0 bridgehead atoms. The quantitative estimate of drug-likeness (QED) is 0.537. The normalized spacial score (nSPS) is 19.2. The summed E-state index contributed by atoms with van der Waals surface area (Å²) in [6, 6.07) is 18.8. The van der Waals surface area contributed by atoms with Gasteiger partial charge in [0.1, 0.15) is 5.60 Å². The molecule has 2 N–H and O–H groups in total. The lowest BCUT2D eigenvalue weighted by atomic mass is 9.83. The van der Waals surface area contributed by atoms with Crippen molar-refractivity contribution in [3.63, 3.8) is 0 Å². The van der Waals surface area contributed by atoms with Crippen LogP contribution in [0.1, 0.15) is 48.1 Å². The van der Waals surface area contributed by atoms with Gasteiger partial charge >= 0.3 is 0 Å². The Kier molecular flexibility index (Phi) is 6.64. The third-order valence-electron chi connectivity index (χ3n) is 7.40. The zero-order valence-electron chi connectivity index (χ0n) is 19.8. The lowest BCUT2D eigenvalue weighted by Crippen LogP contribution is -2.49. The van der Waals surface area contributed by atoms with Gasteiger partial charge in [-0.25, -0.2) is 0 Å². The van der Waals surface area contributed by atoms with Gasteiger partial charge in [0.15, 0.2) is 0 Å². The van der Waals surface area contributed by atoms with E-state index in [0.717, 1.165) is 18.4 Å². The smallest absolute Gasteiger partial charge is 0.236 e. The first kappa shape index (κ1) is 23.9. The highest BCUT2D eigenvalue weighted by Crippen LogP contribution is 2.44. The average molecular weight is 492 g/mol. The molecule has 2 aliphatic heterocycles. The third-order valence-corrected chi connectivity index (χ3v) is 7.66. The Morgan fingerprint density at radius 2 is 1.91 bits per heavy atom. The van der Waals surface area contributed by atoms with E-state index in [9.17, 15) is 9.90 Å². The van der Waals surface area contributed by atoms with E-state index in [1.807, 2.05) is 29.2 Å². The van der Waals surface area contributed by atoms with Gasteiger partial charge in [-0.2, -0.15) is 0 Å². The number of carbonyl (C=O) groups is 1. The fourth-order valence-electron chi connectivity index (χ4n) is 5.34. The van der Waals surface area contributed by atoms with Crippen molar-refractivity contribution in [1.29, 1.82) is 0 Å². The van der Waals surface area contributed by atoms with Crippen LogP contribution in [0.5, 0.6) is 0 Å². The number of nitrogens with zero attached hydrogens (tertiary/aromatic N) is 2. The van der Waals surface area contributed by atoms with Gasteiger partial charge < -0.3 is 14.7 Å². The molecule has 35 heavy (non-hydrogen) atoms. The van der Waals surface area contributed by atoms with Crippen LogP contribution < -0.4 is 5.32 Å². The lowest BCUT2D eigenvalue weighted by Gasteiger charge is -2.40. The molecular weight excluding hydrogens is 462 g/mol. The molecule has 2 unspecified atom stereocenters. The first-order valence-corrected chi connectivity index (χ1v) is 12.4. The van der Waals surface area contributed by atoms with Crippen molar-refractivity contribution in [1.82, 2.24) is 15.2 Å². The number of halogens is 1. The number of hydrogen-bond acceptors (Lipinski definition) is 5. The van der Waals surface area contributed by atoms with Crippen LogP contribution in [0.15, 0.2) is 73.1 Å². The number of amides is 1. The number of hydrogen-bond donors (Lipinski definition) is 2. The predicted molar refractivity (Wildman–Crippen MR) is 135 cm³/mol. The van der Waals surface area contributed by atoms with Crippen molar-refractivity contribution in [2.24, 2.45) is 0 Å². The van der Waals surface area contributed by atoms with E-state index in [1.54, 1.807) is 37.5 Å². The average Bonchev–Trinajstić information content (AvgIpc) is 3.24. The maximum absolute atomic E-state index is 13.2. The number of ether oxygens (including phenoxy) is 1. The molecule has 3 aromatic rings. The zero-order chi connectivity index (χ0) is 24.5. The van der Waals surface area contributed by atoms with Gasteiger partial charge in [0.05, 0.1) is 24.8 Å². The minimum Gasteiger partial charge on any atom is -0.383 e. The summed E-state index contributed by atoms with van der Waals surface area (Å²) in [5.74, 6) is 0.00656. The van der Waals surface area contributed by atoms with Crippen LogP contribution >= 0.6 is 11.6 Å². The minimum absolute atomic E-state index is 0.00656. The van der Waals surface area contributed by atoms with Crippen LogP contribution in [0, 0.1) is 0 Å². The van der Waals surface area contributed by atoms with Crippen LogP contribution in [0.25, 0.3) is 0 Å². The maximum Gasteiger partial charge on any atom is 0.236 e. The van der Waals surface area contributed by atoms with Gasteiger partial charge in [-0.1, -0.05) is 54.1 Å². The Hall–Kier alpha value is -2.77. The van der Waals surface area contributed by atoms with Crippen LogP contribution in [0.2, 0.25) is 5.02 Å². The molecule has 1 saturated heterocycles. The van der Waals surface area contributed by atoms with Gasteiger partial charge in [-0.05, 0) is 54.7 Å². The molecule has 2 atom stereocenters. The summed E-state index contributed by atoms with van der Waals surface area (Å²) >= 11 is 6.10. The van der Waals surface area contributed by atoms with E-state index in [2.05, 4.69) is 28.5 Å². The Balaban J connectivity index is 1.28. The molecule has 6 nitrogen and oxygen atoms in total. The number of carbonyl (C=O) groups excluding carboxylic acids is 1. The van der Waals surface area contributed by atoms with Gasteiger partial charge in [-0.15, -0.1) is 0 Å². The molecule has 5 rings (SSSR count). The van der Waals surface area contributed by atoms with Crippen molar-refractivity contribution in [2.75, 3.05) is 19.6 Å². The summed E-state index contributed by atoms with van der Waals surface area (Å²) in [6.45, 7) is 3.76. The Bertz CT molecular complexity index is 1180. The van der Waals surface area contributed by atoms with E-state index < -0.39 is 11.6 Å². The van der Waals surface area contributed by atoms with Crippen molar-refractivity contribution in [3.05, 3.63) is 100 Å². The van der Waals surface area contributed by atoms with Gasteiger partial charge in [-0.3, -0.25) is 15.1 Å². The summed E-state index contributed by atoms with van der Waals surface area (Å²) in [4.78, 5) is 19.3. The molecule has 0 aliphatic carbocycles. The van der Waals surface area contributed by atoms with Crippen molar-refractivity contribution >= 4 is 17.5 Å². The first-order valence-electron chi connectivity index (χ1n) is 12.0. The fourth-order valence-corrected chi connectivity index (χ4v) is 5.47. The molecule has 1 aromatic heterocycles. The molecule has 1 amide bonds. The zero-order valence-corrected chi connectivity index (χ0v) is 20.5. The molecule has 2 aliphatic rings. The number of likely N-dealkylation sites (tertiary alicyclic amines) is 1. The standard InChI is InChI=1S/C28H30ClN3O3/c1-27(34,22-6-4-14-30-17-22)26(20-8-10-23(29)11-9-20)31-18-25(33)32-15-12-28(13-16-32)24-7-3-2-5-21(24)19-35-28/h2-11,14,17,26,31,34H,12-13,15-16,18-19H2,1H3. The summed E-state index contributed by atoms with van der Waals surface area (Å²) in [5.41, 5.74) is 2.44. The highest BCUT2D eigenvalue weighted by molar-refractivity contribution is 6.30. The highest BCUT2D eigenvalue weighted by atomic mass is 35.5. The number of nitrogens with one attached hydrogen (secondary N) is 1. The molecule has 3 heterocycles. The van der Waals surface area contributed by atoms with Crippen LogP contribution in [-0.4, -0.2) is 40.5 Å². The van der Waals surface area contributed by atoms with E-state index in [-0.39, 0.29) is 18.1 Å². The summed E-state index contributed by atoms with van der Waals surface area (Å²) in [7, 11) is 0. The molecule has 7 heteroatoms. The number of benzene rings is 2. The number of aliphatic hydroxyl groups is 1. The SMILES string of the molecule is CC(O)(c1cccnc1)C(NCC(=O)N1CCC2(CC1)OCc1ccccc12)c1ccc(Cl)cc1. The molecule has 0 radical (unpaired) electrons. The van der Waals surface area contributed by atoms with Gasteiger partial charge in [0, 0.05) is 36.1 Å². The van der Waals surface area contributed by atoms with Crippen molar-refractivity contribution in [3.8, 4) is 0 Å². The number of piperidine rings is 1. The maximum atomic E-state index is 13.2. The monoisotopic (exact) mass is 491 g/mol. The van der Waals surface area contributed by atoms with Crippen molar-refractivity contribution < 1.29 is 14.6 Å². The summed E-state index contributed by atoms with van der Waals surface area (Å²) < 4.78 is 6.24. The second kappa shape index (κ2) is 9.70. The van der Waals surface area contributed by atoms with Crippen LogP contribution in [0.4, 0.5) is 0 Å². The van der Waals surface area contributed by atoms with E-state index in [0.29, 0.717) is 30.3 Å². The predicted octanol–water partition coefficient (Wildman–Crippen LogP) is 4.32. The largest absolute Gasteiger partial charge is 0.383 e. The second-order valence-corrected chi connectivity index (χ2v) is 10.0. The molecule has 2 aromatic carbocycles. The molecular formula is C28H30ClN3O3. The Morgan fingerprint density at radius 3 is 2.63 bits per heavy atom. The fraction of sp³-hybridized carbons (Fsp3) is 0.357. The second-order valence-electron chi connectivity index (χ2n) is 9.58.